The molecule has 0 radical (unpaired) electrons. The average molecular weight is 389 g/mol. The molecule has 5 aliphatic rings. The lowest BCUT2D eigenvalue weighted by molar-refractivity contribution is 0.0332. The molecule has 1 N–H and O–H groups in total. The molecule has 0 spiro atoms. The van der Waals surface area contributed by atoms with Gasteiger partial charge in [-0.25, -0.2) is 13.1 Å². The van der Waals surface area contributed by atoms with Crippen molar-refractivity contribution in [1.82, 2.24) is 9.62 Å². The van der Waals surface area contributed by atoms with Gasteiger partial charge in [-0.2, -0.15) is 0 Å². The third-order valence-corrected chi connectivity index (χ3v) is 9.99. The fraction of sp³-hybridized carbons (Fsp3) is 0.727. The zero-order chi connectivity index (χ0) is 18.5. The molecule has 4 saturated carbocycles. The van der Waals surface area contributed by atoms with Crippen LogP contribution in [-0.4, -0.2) is 43.7 Å². The number of benzene rings is 1. The maximum absolute atomic E-state index is 13.4. The molecule has 1 aromatic carbocycles. The van der Waals surface area contributed by atoms with Gasteiger partial charge in [-0.05, 0) is 81.2 Å². The third kappa shape index (κ3) is 3.47. The minimum absolute atomic E-state index is 0.0961. The van der Waals surface area contributed by atoms with E-state index in [1.54, 1.807) is 0 Å². The molecule has 1 heterocycles. The Bertz CT molecular complexity index is 741. The van der Waals surface area contributed by atoms with Gasteiger partial charge in [-0.15, -0.1) is 0 Å². The van der Waals surface area contributed by atoms with Gasteiger partial charge in [0, 0.05) is 19.1 Å². The van der Waals surface area contributed by atoms with Crippen LogP contribution >= 0.6 is 0 Å². The van der Waals surface area contributed by atoms with Crippen LogP contribution in [0.2, 0.25) is 0 Å². The Balaban J connectivity index is 1.20. The number of nitrogens with zero attached hydrogens (tertiary/aromatic N) is 1. The lowest BCUT2D eigenvalue weighted by Gasteiger charge is -2.55. The van der Waals surface area contributed by atoms with E-state index in [0.29, 0.717) is 17.8 Å². The maximum Gasteiger partial charge on any atom is 0.217 e. The van der Waals surface area contributed by atoms with Gasteiger partial charge < -0.3 is 4.90 Å². The molecule has 27 heavy (non-hydrogen) atoms. The molecule has 6 rings (SSSR count). The van der Waals surface area contributed by atoms with Crippen LogP contribution in [0, 0.1) is 17.8 Å². The number of rotatable bonds is 6. The second kappa shape index (κ2) is 6.85. The van der Waals surface area contributed by atoms with Crippen molar-refractivity contribution in [3.05, 3.63) is 35.9 Å². The predicted octanol–water partition coefficient (Wildman–Crippen LogP) is 3.19. The van der Waals surface area contributed by atoms with Crippen LogP contribution in [-0.2, 0) is 16.4 Å². The van der Waals surface area contributed by atoms with E-state index < -0.39 is 14.8 Å². The van der Waals surface area contributed by atoms with Gasteiger partial charge in [-0.3, -0.25) is 0 Å². The van der Waals surface area contributed by atoms with Gasteiger partial charge in [0.1, 0.15) is 0 Å². The lowest BCUT2D eigenvalue weighted by atomic mass is 9.56. The summed E-state index contributed by atoms with van der Waals surface area (Å²) in [6.45, 7) is 2.87. The highest BCUT2D eigenvalue weighted by Crippen LogP contribution is 2.58. The summed E-state index contributed by atoms with van der Waals surface area (Å²) in [5, 5.41) is 0. The summed E-state index contributed by atoms with van der Waals surface area (Å²) in [4.78, 5) is 2.42. The zero-order valence-electron chi connectivity index (χ0n) is 16.1. The van der Waals surface area contributed by atoms with Crippen molar-refractivity contribution in [3.63, 3.8) is 0 Å². The van der Waals surface area contributed by atoms with Gasteiger partial charge in [-0.1, -0.05) is 30.3 Å². The third-order valence-electron chi connectivity index (χ3n) is 7.71. The minimum atomic E-state index is -3.23. The Morgan fingerprint density at radius 1 is 1.00 bits per heavy atom. The van der Waals surface area contributed by atoms with Gasteiger partial charge in [0.2, 0.25) is 10.0 Å². The van der Waals surface area contributed by atoms with E-state index in [4.69, 9.17) is 0 Å². The number of sulfonamides is 1. The second-order valence-electron chi connectivity index (χ2n) is 9.74. The quantitative estimate of drug-likeness (QED) is 0.814. The summed E-state index contributed by atoms with van der Waals surface area (Å²) < 4.78 is 29.5. The molecule has 1 unspecified atom stereocenters. The molecule has 5 fully saturated rings. The molecule has 1 aromatic rings. The standard InChI is InChI=1S/C22H32N2O2S/c25-27(26,22-13-18-10-19(14-22)12-20(11-18)15-22)23-21-7-9-24(16-21)8-6-17-4-2-1-3-5-17/h1-5,18-21,23H,6-16H2. The number of nitrogens with one attached hydrogen (secondary N) is 1. The molecule has 1 atom stereocenters. The van der Waals surface area contributed by atoms with E-state index in [0.717, 1.165) is 51.7 Å². The zero-order valence-corrected chi connectivity index (χ0v) is 17.0. The predicted molar refractivity (Wildman–Crippen MR) is 108 cm³/mol. The Morgan fingerprint density at radius 3 is 2.26 bits per heavy atom. The molecule has 148 valence electrons. The first-order valence-corrected chi connectivity index (χ1v) is 12.3. The molecule has 4 nitrogen and oxygen atoms in total. The largest absolute Gasteiger partial charge is 0.301 e. The summed E-state index contributed by atoms with van der Waals surface area (Å²) >= 11 is 0. The lowest BCUT2D eigenvalue weighted by Crippen LogP contribution is -2.59. The van der Waals surface area contributed by atoms with Crippen LogP contribution in [0.4, 0.5) is 0 Å². The monoisotopic (exact) mass is 388 g/mol. The number of hydrogen-bond acceptors (Lipinski definition) is 3. The summed E-state index contributed by atoms with van der Waals surface area (Å²) in [6, 6.07) is 10.7. The van der Waals surface area contributed by atoms with Crippen LogP contribution < -0.4 is 4.72 Å². The molecule has 1 saturated heterocycles. The SMILES string of the molecule is O=S(=O)(NC1CCN(CCc2ccccc2)C1)C12CC3CC(CC(C3)C1)C2. The number of hydrogen-bond donors (Lipinski definition) is 1. The first-order valence-electron chi connectivity index (χ1n) is 10.8. The van der Waals surface area contributed by atoms with E-state index in [1.165, 1.54) is 24.8 Å². The fourth-order valence-corrected chi connectivity index (χ4v) is 9.02. The van der Waals surface area contributed by atoms with Crippen molar-refractivity contribution in [2.24, 2.45) is 17.8 Å². The smallest absolute Gasteiger partial charge is 0.217 e. The first kappa shape index (κ1) is 18.1. The highest BCUT2D eigenvalue weighted by atomic mass is 32.2. The summed E-state index contributed by atoms with van der Waals surface area (Å²) in [6.07, 6.45) is 8.58. The Hall–Kier alpha value is -0.910. The highest BCUT2D eigenvalue weighted by Gasteiger charge is 2.57. The summed E-state index contributed by atoms with van der Waals surface area (Å²) in [5.41, 5.74) is 1.36. The van der Waals surface area contributed by atoms with E-state index in [1.807, 2.05) is 0 Å². The van der Waals surface area contributed by atoms with Crippen LogP contribution in [0.15, 0.2) is 30.3 Å². The van der Waals surface area contributed by atoms with Gasteiger partial charge >= 0.3 is 0 Å². The van der Waals surface area contributed by atoms with Crippen molar-refractivity contribution in [3.8, 4) is 0 Å². The van der Waals surface area contributed by atoms with E-state index >= 15 is 0 Å². The van der Waals surface area contributed by atoms with Gasteiger partial charge in [0.25, 0.3) is 0 Å². The van der Waals surface area contributed by atoms with E-state index in [2.05, 4.69) is 40.0 Å². The van der Waals surface area contributed by atoms with Crippen molar-refractivity contribution in [1.29, 1.82) is 0 Å². The van der Waals surface area contributed by atoms with Crippen molar-refractivity contribution in [2.75, 3.05) is 19.6 Å². The normalized spacial score (nSPS) is 38.5. The highest BCUT2D eigenvalue weighted by molar-refractivity contribution is 7.90. The van der Waals surface area contributed by atoms with Gasteiger partial charge in [0.05, 0.1) is 4.75 Å². The van der Waals surface area contributed by atoms with Crippen molar-refractivity contribution < 1.29 is 8.42 Å². The first-order chi connectivity index (χ1) is 13.0. The van der Waals surface area contributed by atoms with E-state index in [9.17, 15) is 8.42 Å². The topological polar surface area (TPSA) is 49.4 Å². The molecule has 0 amide bonds. The Kier molecular flexibility index (Phi) is 4.60. The van der Waals surface area contributed by atoms with Crippen molar-refractivity contribution >= 4 is 10.0 Å². The Labute approximate surface area is 163 Å². The Morgan fingerprint density at radius 2 is 1.63 bits per heavy atom. The molecule has 0 aromatic heterocycles. The molecule has 4 aliphatic carbocycles. The minimum Gasteiger partial charge on any atom is -0.301 e. The molecule has 1 aliphatic heterocycles. The summed E-state index contributed by atoms with van der Waals surface area (Å²) in [7, 11) is -3.23. The maximum atomic E-state index is 13.4. The average Bonchev–Trinajstić information content (AvgIpc) is 3.06. The van der Waals surface area contributed by atoms with Crippen LogP contribution in [0.5, 0.6) is 0 Å². The second-order valence-corrected chi connectivity index (χ2v) is 11.9. The van der Waals surface area contributed by atoms with Crippen LogP contribution in [0.1, 0.15) is 50.5 Å². The fourth-order valence-electron chi connectivity index (χ4n) is 6.77. The molecule has 4 bridgehead atoms. The molecular formula is C22H32N2O2S. The molecular weight excluding hydrogens is 356 g/mol. The molecule has 5 heteroatoms. The van der Waals surface area contributed by atoms with Crippen LogP contribution in [0.25, 0.3) is 0 Å². The van der Waals surface area contributed by atoms with Crippen molar-refractivity contribution in [2.45, 2.75) is 62.2 Å². The number of likely N-dealkylation sites (tertiary alicyclic amines) is 1. The van der Waals surface area contributed by atoms with E-state index in [-0.39, 0.29) is 6.04 Å². The summed E-state index contributed by atoms with van der Waals surface area (Å²) in [5.74, 6) is 2.00. The van der Waals surface area contributed by atoms with Crippen LogP contribution in [0.3, 0.4) is 0 Å². The van der Waals surface area contributed by atoms with Gasteiger partial charge in [0.15, 0.2) is 0 Å².